The third-order valence-corrected chi connectivity index (χ3v) is 5.29. The molecule has 1 saturated heterocycles. The van der Waals surface area contributed by atoms with E-state index in [0.29, 0.717) is 31.0 Å². The van der Waals surface area contributed by atoms with Gasteiger partial charge in [-0.05, 0) is 31.2 Å². The fourth-order valence-corrected chi connectivity index (χ4v) is 3.82. The molecule has 1 aromatic carbocycles. The van der Waals surface area contributed by atoms with E-state index in [1.165, 1.54) is 0 Å². The summed E-state index contributed by atoms with van der Waals surface area (Å²) in [7, 11) is -2.86. The molecule has 2 aromatic rings. The predicted octanol–water partition coefficient (Wildman–Crippen LogP) is 0.766. The molecule has 1 aliphatic heterocycles. The van der Waals surface area contributed by atoms with Crippen molar-refractivity contribution < 1.29 is 8.42 Å². The molecule has 20 heavy (non-hydrogen) atoms. The molecular weight excluding hydrogens is 276 g/mol. The Balaban J connectivity index is 1.76. The summed E-state index contributed by atoms with van der Waals surface area (Å²) in [5.74, 6) is 1.38. The van der Waals surface area contributed by atoms with Crippen molar-refractivity contribution in [3.05, 3.63) is 24.0 Å². The van der Waals surface area contributed by atoms with Gasteiger partial charge in [0.05, 0.1) is 29.1 Å². The number of anilines is 1. The molecule has 7 heteroatoms. The number of benzene rings is 1. The zero-order chi connectivity index (χ0) is 14.2. The van der Waals surface area contributed by atoms with Crippen LogP contribution in [0.3, 0.4) is 0 Å². The number of hydrogen-bond acceptors (Lipinski definition) is 5. The van der Waals surface area contributed by atoms with Crippen LogP contribution >= 0.6 is 0 Å². The fraction of sp³-hybridized carbons (Fsp3) is 0.462. The van der Waals surface area contributed by atoms with E-state index in [2.05, 4.69) is 14.9 Å². The molecule has 0 aliphatic carbocycles. The van der Waals surface area contributed by atoms with E-state index in [1.807, 2.05) is 18.2 Å². The second kappa shape index (κ2) is 5.06. The molecule has 0 spiro atoms. The number of nitrogens with two attached hydrogens (primary N) is 1. The highest BCUT2D eigenvalue weighted by molar-refractivity contribution is 7.91. The summed E-state index contributed by atoms with van der Waals surface area (Å²) >= 11 is 0. The van der Waals surface area contributed by atoms with Gasteiger partial charge in [-0.25, -0.2) is 13.4 Å². The molecule has 1 aliphatic rings. The summed E-state index contributed by atoms with van der Waals surface area (Å²) in [5, 5.41) is 0. The molecule has 3 rings (SSSR count). The van der Waals surface area contributed by atoms with Gasteiger partial charge in [0.2, 0.25) is 0 Å². The Labute approximate surface area is 117 Å². The number of fused-ring (bicyclic) bond motifs is 1. The number of H-pyrrole nitrogens is 1. The second-order valence-corrected chi connectivity index (χ2v) is 7.55. The molecule has 0 atom stereocenters. The lowest BCUT2D eigenvalue weighted by Gasteiger charge is -2.17. The maximum Gasteiger partial charge on any atom is 0.151 e. The number of sulfone groups is 1. The van der Waals surface area contributed by atoms with Crippen LogP contribution in [0.1, 0.15) is 12.2 Å². The number of nitrogen functional groups attached to an aromatic ring is 1. The van der Waals surface area contributed by atoms with Crippen molar-refractivity contribution in [2.75, 3.05) is 30.3 Å². The first kappa shape index (κ1) is 13.4. The van der Waals surface area contributed by atoms with Crippen LogP contribution in [0.4, 0.5) is 5.69 Å². The average Bonchev–Trinajstić information content (AvgIpc) is 2.68. The quantitative estimate of drug-likeness (QED) is 0.798. The standard InChI is InChI=1S/C13H18N4O2S/c14-10-2-3-11-12(8-10)16-13(15-11)9-17-4-1-6-20(18,19)7-5-17/h2-3,8H,1,4-7,9,14H2,(H,15,16). The van der Waals surface area contributed by atoms with E-state index in [9.17, 15) is 8.42 Å². The molecule has 0 bridgehead atoms. The molecular formula is C13H18N4O2S. The van der Waals surface area contributed by atoms with Crippen molar-refractivity contribution in [3.8, 4) is 0 Å². The van der Waals surface area contributed by atoms with Gasteiger partial charge < -0.3 is 10.7 Å². The van der Waals surface area contributed by atoms with Gasteiger partial charge in [0.15, 0.2) is 9.84 Å². The van der Waals surface area contributed by atoms with E-state index >= 15 is 0 Å². The van der Waals surface area contributed by atoms with Gasteiger partial charge in [0, 0.05) is 12.2 Å². The van der Waals surface area contributed by atoms with Gasteiger partial charge in [0.25, 0.3) is 0 Å². The van der Waals surface area contributed by atoms with E-state index < -0.39 is 9.84 Å². The highest BCUT2D eigenvalue weighted by Gasteiger charge is 2.19. The van der Waals surface area contributed by atoms with E-state index in [-0.39, 0.29) is 5.75 Å². The number of nitrogens with one attached hydrogen (secondary N) is 1. The highest BCUT2D eigenvalue weighted by Crippen LogP contribution is 2.16. The normalized spacial score (nSPS) is 20.0. The van der Waals surface area contributed by atoms with Crippen molar-refractivity contribution in [2.45, 2.75) is 13.0 Å². The lowest BCUT2D eigenvalue weighted by atomic mass is 10.3. The van der Waals surface area contributed by atoms with Crippen molar-refractivity contribution >= 4 is 26.6 Å². The van der Waals surface area contributed by atoms with Crippen LogP contribution in [0.25, 0.3) is 11.0 Å². The topological polar surface area (TPSA) is 92.1 Å². The number of rotatable bonds is 2. The first-order valence-corrected chi connectivity index (χ1v) is 8.51. The first-order valence-electron chi connectivity index (χ1n) is 6.69. The summed E-state index contributed by atoms with van der Waals surface area (Å²) in [6.07, 6.45) is 0.690. The number of nitrogens with zero attached hydrogens (tertiary/aromatic N) is 2. The smallest absolute Gasteiger partial charge is 0.151 e. The molecule has 1 fully saturated rings. The minimum absolute atomic E-state index is 0.236. The van der Waals surface area contributed by atoms with E-state index in [4.69, 9.17) is 5.73 Å². The molecule has 108 valence electrons. The van der Waals surface area contributed by atoms with Gasteiger partial charge in [-0.1, -0.05) is 0 Å². The van der Waals surface area contributed by atoms with Crippen LogP contribution in [-0.2, 0) is 16.4 Å². The molecule has 3 N–H and O–H groups in total. The summed E-state index contributed by atoms with van der Waals surface area (Å²) in [5.41, 5.74) is 8.25. The van der Waals surface area contributed by atoms with Crippen molar-refractivity contribution in [1.82, 2.24) is 14.9 Å². The second-order valence-electron chi connectivity index (χ2n) is 5.24. The SMILES string of the molecule is Nc1ccc2nc(CN3CCCS(=O)(=O)CC3)[nH]c2c1. The predicted molar refractivity (Wildman–Crippen MR) is 79.1 cm³/mol. The maximum absolute atomic E-state index is 11.6. The first-order chi connectivity index (χ1) is 9.52. The number of imidazole rings is 1. The molecule has 0 saturated carbocycles. The maximum atomic E-state index is 11.6. The minimum Gasteiger partial charge on any atom is -0.399 e. The Morgan fingerprint density at radius 2 is 2.15 bits per heavy atom. The Bertz CT molecular complexity index is 723. The Morgan fingerprint density at radius 1 is 1.30 bits per heavy atom. The van der Waals surface area contributed by atoms with Crippen LogP contribution in [-0.4, -0.2) is 47.9 Å². The number of aromatic amines is 1. The molecule has 0 radical (unpaired) electrons. The fourth-order valence-electron chi connectivity index (χ4n) is 2.51. The number of hydrogen-bond donors (Lipinski definition) is 2. The van der Waals surface area contributed by atoms with Gasteiger partial charge in [-0.15, -0.1) is 0 Å². The van der Waals surface area contributed by atoms with E-state index in [1.54, 1.807) is 0 Å². The largest absolute Gasteiger partial charge is 0.399 e. The minimum atomic E-state index is -2.86. The lowest BCUT2D eigenvalue weighted by Crippen LogP contribution is -2.27. The molecule has 1 aromatic heterocycles. The zero-order valence-electron chi connectivity index (χ0n) is 11.2. The van der Waals surface area contributed by atoms with Crippen molar-refractivity contribution in [3.63, 3.8) is 0 Å². The lowest BCUT2D eigenvalue weighted by molar-refractivity contribution is 0.281. The number of aromatic nitrogens is 2. The van der Waals surface area contributed by atoms with Crippen molar-refractivity contribution in [1.29, 1.82) is 0 Å². The summed E-state index contributed by atoms with van der Waals surface area (Å²) < 4.78 is 23.2. The molecule has 0 unspecified atom stereocenters. The Hall–Kier alpha value is -1.60. The van der Waals surface area contributed by atoms with Crippen LogP contribution in [0, 0.1) is 0 Å². The Kier molecular flexibility index (Phi) is 3.39. The average molecular weight is 294 g/mol. The van der Waals surface area contributed by atoms with Gasteiger partial charge in [-0.2, -0.15) is 0 Å². The molecule has 6 nitrogen and oxygen atoms in total. The van der Waals surface area contributed by atoms with Gasteiger partial charge >= 0.3 is 0 Å². The zero-order valence-corrected chi connectivity index (χ0v) is 12.0. The summed E-state index contributed by atoms with van der Waals surface area (Å²) in [6.45, 7) is 2.00. The van der Waals surface area contributed by atoms with Crippen LogP contribution < -0.4 is 5.73 Å². The third-order valence-electron chi connectivity index (χ3n) is 3.58. The van der Waals surface area contributed by atoms with Crippen LogP contribution in [0.15, 0.2) is 18.2 Å². The van der Waals surface area contributed by atoms with E-state index in [0.717, 1.165) is 23.4 Å². The Morgan fingerprint density at radius 3 is 3.00 bits per heavy atom. The van der Waals surface area contributed by atoms with Crippen molar-refractivity contribution in [2.24, 2.45) is 0 Å². The summed E-state index contributed by atoms with van der Waals surface area (Å²) in [6, 6.07) is 5.57. The summed E-state index contributed by atoms with van der Waals surface area (Å²) in [4.78, 5) is 9.89. The molecule has 0 amide bonds. The van der Waals surface area contributed by atoms with Crippen LogP contribution in [0.5, 0.6) is 0 Å². The third kappa shape index (κ3) is 2.94. The molecule has 2 heterocycles. The monoisotopic (exact) mass is 294 g/mol. The van der Waals surface area contributed by atoms with Crippen LogP contribution in [0.2, 0.25) is 0 Å². The van der Waals surface area contributed by atoms with Gasteiger partial charge in [-0.3, -0.25) is 4.90 Å². The van der Waals surface area contributed by atoms with Gasteiger partial charge in [0.1, 0.15) is 5.82 Å². The highest BCUT2D eigenvalue weighted by atomic mass is 32.2.